The van der Waals surface area contributed by atoms with Crippen LogP contribution in [0.1, 0.15) is 118 Å². The quantitative estimate of drug-likeness (QED) is 0.142. The summed E-state index contributed by atoms with van der Waals surface area (Å²) in [7, 11) is 0. The second-order valence-electron chi connectivity index (χ2n) is 15.5. The fourth-order valence-electron chi connectivity index (χ4n) is 8.52. The van der Waals surface area contributed by atoms with Crippen LogP contribution < -0.4 is 10.2 Å². The molecule has 4 fully saturated rings. The first-order valence-electron chi connectivity index (χ1n) is 19.0. The van der Waals surface area contributed by atoms with Crippen LogP contribution in [0.3, 0.4) is 0 Å². The highest BCUT2D eigenvalue weighted by Gasteiger charge is 2.47. The van der Waals surface area contributed by atoms with Gasteiger partial charge in [0.15, 0.2) is 5.78 Å². The molecule has 0 spiro atoms. The Balaban J connectivity index is 1.04. The van der Waals surface area contributed by atoms with Crippen molar-refractivity contribution >= 4 is 34.6 Å². The summed E-state index contributed by atoms with van der Waals surface area (Å²) < 4.78 is 0. The predicted octanol–water partition coefficient (Wildman–Crippen LogP) is 9.06. The Labute approximate surface area is 286 Å². The van der Waals surface area contributed by atoms with E-state index in [4.69, 9.17) is 4.99 Å². The molecule has 3 aliphatic carbocycles. The third kappa shape index (κ3) is 8.18. The van der Waals surface area contributed by atoms with E-state index < -0.39 is 0 Å². The van der Waals surface area contributed by atoms with Crippen LogP contribution in [-0.4, -0.2) is 36.3 Å². The number of ketones is 2. The first-order chi connectivity index (χ1) is 23.4. The van der Waals surface area contributed by atoms with Crippen LogP contribution in [0, 0.1) is 36.5 Å². The summed E-state index contributed by atoms with van der Waals surface area (Å²) in [4.78, 5) is 46.7. The van der Waals surface area contributed by atoms with Gasteiger partial charge in [-0.1, -0.05) is 49.9 Å². The van der Waals surface area contributed by atoms with E-state index in [-0.39, 0.29) is 11.7 Å². The average Bonchev–Trinajstić information content (AvgIpc) is 3.98. The largest absolute Gasteiger partial charge is 0.370 e. The van der Waals surface area contributed by atoms with Gasteiger partial charge in [0.05, 0.1) is 11.4 Å². The van der Waals surface area contributed by atoms with Crippen molar-refractivity contribution in [1.29, 1.82) is 0 Å². The molecular weight excluding hydrogens is 594 g/mol. The number of nitrogens with one attached hydrogen (secondary N) is 1. The van der Waals surface area contributed by atoms with Gasteiger partial charge in [0, 0.05) is 49.5 Å². The Morgan fingerprint density at radius 1 is 0.938 bits per heavy atom. The van der Waals surface area contributed by atoms with E-state index in [1.807, 2.05) is 12.1 Å². The van der Waals surface area contributed by atoms with E-state index in [1.165, 1.54) is 36.1 Å². The molecule has 0 bridgehead atoms. The maximum Gasteiger partial charge on any atom is 0.273 e. The molecule has 3 saturated carbocycles. The van der Waals surface area contributed by atoms with Gasteiger partial charge >= 0.3 is 0 Å². The van der Waals surface area contributed by atoms with Crippen molar-refractivity contribution < 1.29 is 14.4 Å². The van der Waals surface area contributed by atoms with Crippen LogP contribution in [0.4, 0.5) is 11.4 Å². The highest BCUT2D eigenvalue weighted by Crippen LogP contribution is 2.50. The minimum Gasteiger partial charge on any atom is -0.370 e. The summed E-state index contributed by atoms with van der Waals surface area (Å²) in [6.45, 7) is 4.06. The summed E-state index contributed by atoms with van der Waals surface area (Å²) in [5.74, 6) is 3.05. The number of unbranched alkanes of at least 4 members (excludes halogenated alkanes) is 1. The van der Waals surface area contributed by atoms with Crippen LogP contribution in [0.15, 0.2) is 59.2 Å². The van der Waals surface area contributed by atoms with E-state index in [0.717, 1.165) is 95.1 Å². The summed E-state index contributed by atoms with van der Waals surface area (Å²) in [5.41, 5.74) is 6.99. The fraction of sp³-hybridized carbons (Fsp3) is 0.571. The lowest BCUT2D eigenvalue weighted by molar-refractivity contribution is -0.119. The minimum atomic E-state index is -0.158. The molecule has 2 aromatic carbocycles. The zero-order chi connectivity index (χ0) is 33.0. The van der Waals surface area contributed by atoms with Gasteiger partial charge in [-0.3, -0.25) is 19.4 Å². The third-order valence-electron chi connectivity index (χ3n) is 11.7. The molecule has 7 rings (SSSR count). The number of anilines is 2. The van der Waals surface area contributed by atoms with Crippen LogP contribution in [-0.2, 0) is 16.0 Å². The van der Waals surface area contributed by atoms with Gasteiger partial charge in [-0.25, -0.2) is 0 Å². The third-order valence-corrected chi connectivity index (χ3v) is 11.7. The molecule has 48 heavy (non-hydrogen) atoms. The molecule has 6 heteroatoms. The zero-order valence-electron chi connectivity index (χ0n) is 28.9. The Bertz CT molecular complexity index is 1590. The molecule has 1 saturated heterocycles. The smallest absolute Gasteiger partial charge is 0.273 e. The molecule has 1 N–H and O–H groups in total. The number of allylic oxidation sites excluding steroid dienone is 1. The normalized spacial score (nSPS) is 25.7. The second kappa shape index (κ2) is 14.9. The number of rotatable bonds is 12. The summed E-state index contributed by atoms with van der Waals surface area (Å²) >= 11 is 0. The number of hydrogen-bond donors (Lipinski definition) is 1. The molecule has 2 aromatic rings. The van der Waals surface area contributed by atoms with Crippen LogP contribution in [0.2, 0.25) is 0 Å². The number of Topliss-reactive ketones (excluding diaryl/α,β-unsaturated/α-hetero) is 2. The maximum atomic E-state index is 13.8. The molecule has 2 heterocycles. The van der Waals surface area contributed by atoms with E-state index >= 15 is 0 Å². The predicted molar refractivity (Wildman–Crippen MR) is 194 cm³/mol. The van der Waals surface area contributed by atoms with E-state index in [0.29, 0.717) is 59.5 Å². The zero-order valence-corrected chi connectivity index (χ0v) is 28.9. The summed E-state index contributed by atoms with van der Waals surface area (Å²) in [6.07, 6.45) is 18.2. The number of amides is 1. The van der Waals surface area contributed by atoms with Gasteiger partial charge in [0.1, 0.15) is 11.5 Å². The van der Waals surface area contributed by atoms with Crippen molar-refractivity contribution in [2.24, 2.45) is 34.6 Å². The van der Waals surface area contributed by atoms with Crippen molar-refractivity contribution in [1.82, 2.24) is 0 Å². The van der Waals surface area contributed by atoms with Crippen molar-refractivity contribution in [3.05, 3.63) is 70.9 Å². The Morgan fingerprint density at radius 2 is 1.79 bits per heavy atom. The Hall–Kier alpha value is -3.54. The van der Waals surface area contributed by atoms with Crippen LogP contribution in [0.5, 0.6) is 0 Å². The molecule has 1 amide bonds. The number of aryl methyl sites for hydroxylation is 1. The molecule has 4 atom stereocenters. The van der Waals surface area contributed by atoms with E-state index in [9.17, 15) is 14.4 Å². The topological polar surface area (TPSA) is 78.8 Å². The standard InChI is InChI=1S/C42H53N3O3/c1-28-9-2-5-13-32(28)23-30-12-8-21-45(22-20-30)39-19-18-33(40(47)15-7-4-11-29-10-3-6-14-35(46)24-29)26-37(39)44-42(48)38-27-34-25-36(34)41(43-38)31-16-17-31/h2,5,9,13,18-19,26-27,29-31,34,36H,3-4,6-8,10-12,14-17,20-25H2,1H3,(H,44,48). The first kappa shape index (κ1) is 33.0. The monoisotopic (exact) mass is 647 g/mol. The van der Waals surface area contributed by atoms with Gasteiger partial charge in [-0.2, -0.15) is 0 Å². The number of hydrogen-bond acceptors (Lipinski definition) is 5. The molecule has 0 aromatic heterocycles. The number of carbonyl (C=O) groups excluding carboxylic acids is 3. The lowest BCUT2D eigenvalue weighted by Gasteiger charge is -2.26. The highest BCUT2D eigenvalue weighted by atomic mass is 16.2. The highest BCUT2D eigenvalue weighted by molar-refractivity contribution is 6.10. The van der Waals surface area contributed by atoms with Gasteiger partial charge in [-0.05, 0) is 124 Å². The lowest BCUT2D eigenvalue weighted by atomic mass is 9.91. The van der Waals surface area contributed by atoms with Crippen molar-refractivity contribution in [2.75, 3.05) is 23.3 Å². The minimum absolute atomic E-state index is 0.120. The van der Waals surface area contributed by atoms with Crippen molar-refractivity contribution in [2.45, 2.75) is 110 Å². The number of nitrogens with zero attached hydrogens (tertiary/aromatic N) is 2. The molecule has 0 radical (unpaired) electrons. The summed E-state index contributed by atoms with van der Waals surface area (Å²) in [6, 6.07) is 14.7. The fourth-order valence-corrected chi connectivity index (χ4v) is 8.52. The molecule has 2 aliphatic heterocycles. The summed E-state index contributed by atoms with van der Waals surface area (Å²) in [5, 5.41) is 3.25. The Kier molecular flexibility index (Phi) is 10.3. The molecule has 5 aliphatic rings. The number of benzene rings is 2. The van der Waals surface area contributed by atoms with Crippen LogP contribution >= 0.6 is 0 Å². The molecular formula is C42H53N3O3. The SMILES string of the molecule is Cc1ccccc1CC1CCCN(c2ccc(C(=O)CCCCC3CCCCC(=O)C3)cc2NC(=O)C2=CC3CC3C(C3CC3)=N2)CC1. The number of aliphatic imine (C=N–C) groups is 1. The maximum absolute atomic E-state index is 13.8. The van der Waals surface area contributed by atoms with E-state index in [1.54, 1.807) is 0 Å². The number of fused-ring (bicyclic) bond motifs is 1. The van der Waals surface area contributed by atoms with Gasteiger partial charge in [0.25, 0.3) is 5.91 Å². The van der Waals surface area contributed by atoms with Gasteiger partial charge in [-0.15, -0.1) is 0 Å². The molecule has 4 unspecified atom stereocenters. The molecule has 254 valence electrons. The van der Waals surface area contributed by atoms with Gasteiger partial charge in [0.2, 0.25) is 0 Å². The molecule has 6 nitrogen and oxygen atoms in total. The average molecular weight is 648 g/mol. The van der Waals surface area contributed by atoms with Crippen molar-refractivity contribution in [3.8, 4) is 0 Å². The Morgan fingerprint density at radius 3 is 2.65 bits per heavy atom. The van der Waals surface area contributed by atoms with Crippen molar-refractivity contribution in [3.63, 3.8) is 0 Å². The first-order valence-corrected chi connectivity index (χ1v) is 19.0. The van der Waals surface area contributed by atoms with Crippen LogP contribution in [0.25, 0.3) is 0 Å². The lowest BCUT2D eigenvalue weighted by Crippen LogP contribution is -2.27. The second-order valence-corrected chi connectivity index (χ2v) is 15.5. The van der Waals surface area contributed by atoms with Gasteiger partial charge < -0.3 is 10.2 Å². The number of carbonyl (C=O) groups is 3. The van der Waals surface area contributed by atoms with E-state index in [2.05, 4.69) is 53.5 Å².